The molecule has 0 saturated heterocycles. The molecule has 0 saturated carbocycles. The van der Waals surface area contributed by atoms with E-state index in [1.165, 1.54) is 18.2 Å². The van der Waals surface area contributed by atoms with Gasteiger partial charge in [0.05, 0.1) is 16.6 Å². The molecule has 2 N–H and O–H groups in total. The number of benzene rings is 1. The van der Waals surface area contributed by atoms with Gasteiger partial charge in [0.25, 0.3) is 0 Å². The Morgan fingerprint density at radius 2 is 1.93 bits per heavy atom. The summed E-state index contributed by atoms with van der Waals surface area (Å²) in [6.45, 7) is -0.284. The number of Topliss-reactive ketones (excluding diaryl/α,β-unsaturated/α-hetero) is 1. The van der Waals surface area contributed by atoms with Crippen LogP contribution >= 0.6 is 23.2 Å². The van der Waals surface area contributed by atoms with Gasteiger partial charge in [-0.2, -0.15) is 0 Å². The summed E-state index contributed by atoms with van der Waals surface area (Å²) in [5, 5.41) is 10.9. The Bertz CT molecular complexity index is 406. The summed E-state index contributed by atoms with van der Waals surface area (Å²) in [6.07, 6.45) is -1.25. The molecule has 0 aliphatic carbocycles. The van der Waals surface area contributed by atoms with Gasteiger partial charge >= 0.3 is 6.09 Å². The van der Waals surface area contributed by atoms with Crippen molar-refractivity contribution in [2.24, 2.45) is 0 Å². The number of amides is 1. The van der Waals surface area contributed by atoms with Crippen LogP contribution in [-0.4, -0.2) is 23.5 Å². The highest BCUT2D eigenvalue weighted by Crippen LogP contribution is 2.22. The number of carbonyl (C=O) groups excluding carboxylic acids is 1. The summed E-state index contributed by atoms with van der Waals surface area (Å²) >= 11 is 11.4. The van der Waals surface area contributed by atoms with Gasteiger partial charge in [-0.05, 0) is 18.2 Å². The van der Waals surface area contributed by atoms with Crippen LogP contribution in [0.4, 0.5) is 4.79 Å². The molecule has 1 amide bonds. The quantitative estimate of drug-likeness (QED) is 0.807. The third-order valence-corrected chi connectivity index (χ3v) is 2.38. The van der Waals surface area contributed by atoms with E-state index in [2.05, 4.69) is 0 Å². The first-order valence-electron chi connectivity index (χ1n) is 3.95. The average molecular weight is 248 g/mol. The van der Waals surface area contributed by atoms with E-state index in [1.807, 2.05) is 5.32 Å². The number of ketones is 1. The maximum atomic E-state index is 11.4. The lowest BCUT2D eigenvalue weighted by molar-refractivity contribution is 0.0987. The lowest BCUT2D eigenvalue weighted by Crippen LogP contribution is -2.27. The molecule has 4 nitrogen and oxygen atoms in total. The first kappa shape index (κ1) is 11.8. The number of nitrogens with one attached hydrogen (secondary N) is 1. The largest absolute Gasteiger partial charge is 0.465 e. The fourth-order valence-electron chi connectivity index (χ4n) is 0.928. The van der Waals surface area contributed by atoms with E-state index in [-0.39, 0.29) is 17.4 Å². The van der Waals surface area contributed by atoms with Crippen LogP contribution in [-0.2, 0) is 0 Å². The van der Waals surface area contributed by atoms with Gasteiger partial charge in [0, 0.05) is 5.56 Å². The molecule has 6 heteroatoms. The summed E-state index contributed by atoms with van der Waals surface area (Å²) < 4.78 is 0. The van der Waals surface area contributed by atoms with Crippen molar-refractivity contribution in [1.82, 2.24) is 5.32 Å². The number of hydrogen-bond acceptors (Lipinski definition) is 2. The van der Waals surface area contributed by atoms with E-state index < -0.39 is 6.09 Å². The van der Waals surface area contributed by atoms with Gasteiger partial charge in [-0.1, -0.05) is 23.2 Å². The van der Waals surface area contributed by atoms with Crippen molar-refractivity contribution in [3.05, 3.63) is 33.8 Å². The van der Waals surface area contributed by atoms with Crippen molar-refractivity contribution in [3.63, 3.8) is 0 Å². The maximum absolute atomic E-state index is 11.4. The average Bonchev–Trinajstić information content (AvgIpc) is 2.18. The van der Waals surface area contributed by atoms with Gasteiger partial charge in [0.2, 0.25) is 0 Å². The number of carboxylic acid groups (broad SMARTS) is 1. The lowest BCUT2D eigenvalue weighted by atomic mass is 10.1. The van der Waals surface area contributed by atoms with Crippen molar-refractivity contribution in [3.8, 4) is 0 Å². The van der Waals surface area contributed by atoms with E-state index >= 15 is 0 Å². The van der Waals surface area contributed by atoms with Gasteiger partial charge < -0.3 is 10.4 Å². The Kier molecular flexibility index (Phi) is 3.94. The minimum Gasteiger partial charge on any atom is -0.465 e. The molecule has 0 bridgehead atoms. The molecule has 0 atom stereocenters. The van der Waals surface area contributed by atoms with E-state index in [1.54, 1.807) is 0 Å². The Balaban J connectivity index is 2.74. The molecule has 0 radical (unpaired) electrons. The van der Waals surface area contributed by atoms with Crippen LogP contribution in [0.1, 0.15) is 10.4 Å². The zero-order valence-corrected chi connectivity index (χ0v) is 8.97. The molecule has 0 aromatic heterocycles. The number of rotatable bonds is 3. The molecule has 0 heterocycles. The van der Waals surface area contributed by atoms with Crippen molar-refractivity contribution in [2.75, 3.05) is 6.54 Å². The molecule has 0 spiro atoms. The predicted molar refractivity (Wildman–Crippen MR) is 56.8 cm³/mol. The van der Waals surface area contributed by atoms with Crippen LogP contribution in [0, 0.1) is 0 Å². The molecule has 15 heavy (non-hydrogen) atoms. The summed E-state index contributed by atoms with van der Waals surface area (Å²) in [6, 6.07) is 4.37. The number of hydrogen-bond donors (Lipinski definition) is 2. The van der Waals surface area contributed by atoms with E-state index in [0.29, 0.717) is 10.6 Å². The second kappa shape index (κ2) is 5.00. The fraction of sp³-hybridized carbons (Fsp3) is 0.111. The van der Waals surface area contributed by atoms with Crippen LogP contribution in [0.25, 0.3) is 0 Å². The van der Waals surface area contributed by atoms with Crippen molar-refractivity contribution >= 4 is 35.1 Å². The molecular formula is C9H7Cl2NO3. The first-order chi connectivity index (χ1) is 7.00. The summed E-state index contributed by atoms with van der Waals surface area (Å²) in [5.41, 5.74) is 0.318. The van der Waals surface area contributed by atoms with Crippen molar-refractivity contribution < 1.29 is 14.7 Å². The standard InChI is InChI=1S/C9H7Cl2NO3/c10-6-2-1-5(3-7(6)11)8(13)4-12-9(14)15/h1-3,12H,4H2,(H,14,15). The number of halogens is 2. The minimum atomic E-state index is -1.25. The molecular weight excluding hydrogens is 241 g/mol. The van der Waals surface area contributed by atoms with Crippen LogP contribution in [0.5, 0.6) is 0 Å². The SMILES string of the molecule is O=C(O)NCC(=O)c1ccc(Cl)c(Cl)c1. The molecule has 0 aliphatic heterocycles. The monoisotopic (exact) mass is 247 g/mol. The smallest absolute Gasteiger partial charge is 0.405 e. The molecule has 1 rings (SSSR count). The molecule has 0 unspecified atom stereocenters. The highest BCUT2D eigenvalue weighted by Gasteiger charge is 2.08. The lowest BCUT2D eigenvalue weighted by Gasteiger charge is -2.02. The second-order valence-electron chi connectivity index (χ2n) is 2.71. The molecule has 0 fully saturated rings. The maximum Gasteiger partial charge on any atom is 0.405 e. The topological polar surface area (TPSA) is 66.4 Å². The van der Waals surface area contributed by atoms with Crippen molar-refractivity contribution in [1.29, 1.82) is 0 Å². The van der Waals surface area contributed by atoms with E-state index in [9.17, 15) is 9.59 Å². The predicted octanol–water partition coefficient (Wildman–Crippen LogP) is 2.44. The van der Waals surface area contributed by atoms with Crippen LogP contribution < -0.4 is 5.32 Å². The third-order valence-electron chi connectivity index (χ3n) is 1.64. The Morgan fingerprint density at radius 3 is 2.47 bits per heavy atom. The van der Waals surface area contributed by atoms with Gasteiger partial charge in [0.1, 0.15) is 0 Å². The van der Waals surface area contributed by atoms with Crippen LogP contribution in [0.3, 0.4) is 0 Å². The van der Waals surface area contributed by atoms with Gasteiger partial charge in [-0.3, -0.25) is 4.79 Å². The summed E-state index contributed by atoms with van der Waals surface area (Å²) in [4.78, 5) is 21.5. The molecule has 1 aromatic rings. The van der Waals surface area contributed by atoms with Crippen molar-refractivity contribution in [2.45, 2.75) is 0 Å². The molecule has 0 aliphatic rings. The van der Waals surface area contributed by atoms with Gasteiger partial charge in [-0.25, -0.2) is 4.79 Å². The summed E-state index contributed by atoms with van der Waals surface area (Å²) in [7, 11) is 0. The Hall–Kier alpha value is -1.26. The Morgan fingerprint density at radius 1 is 1.27 bits per heavy atom. The number of carbonyl (C=O) groups is 2. The zero-order valence-electron chi connectivity index (χ0n) is 7.46. The van der Waals surface area contributed by atoms with Gasteiger partial charge in [-0.15, -0.1) is 0 Å². The zero-order chi connectivity index (χ0) is 11.4. The van der Waals surface area contributed by atoms with E-state index in [4.69, 9.17) is 28.3 Å². The fourth-order valence-corrected chi connectivity index (χ4v) is 1.23. The molecule has 80 valence electrons. The first-order valence-corrected chi connectivity index (χ1v) is 4.71. The molecule has 1 aromatic carbocycles. The third kappa shape index (κ3) is 3.42. The minimum absolute atomic E-state index is 0.262. The highest BCUT2D eigenvalue weighted by molar-refractivity contribution is 6.42. The van der Waals surface area contributed by atoms with Crippen LogP contribution in [0.15, 0.2) is 18.2 Å². The highest BCUT2D eigenvalue weighted by atomic mass is 35.5. The van der Waals surface area contributed by atoms with E-state index in [0.717, 1.165) is 0 Å². The van der Waals surface area contributed by atoms with Crippen LogP contribution in [0.2, 0.25) is 10.0 Å². The Labute approximate surface area is 95.8 Å². The van der Waals surface area contributed by atoms with Gasteiger partial charge in [0.15, 0.2) is 5.78 Å². The normalized spacial score (nSPS) is 9.73. The second-order valence-corrected chi connectivity index (χ2v) is 3.53. The summed E-state index contributed by atoms with van der Waals surface area (Å²) in [5.74, 6) is -0.365.